The van der Waals surface area contributed by atoms with Gasteiger partial charge in [-0.15, -0.1) is 0 Å². The maximum Gasteiger partial charge on any atom is 0.123 e. The average molecular weight is 258 g/mol. The van der Waals surface area contributed by atoms with Gasteiger partial charge in [-0.3, -0.25) is 0 Å². The largest absolute Gasteiger partial charge is 0.489 e. The maximum atomic E-state index is 13.0. The van der Waals surface area contributed by atoms with Crippen molar-refractivity contribution >= 4 is 11.8 Å². The van der Waals surface area contributed by atoms with Crippen molar-refractivity contribution < 1.29 is 19.3 Å². The van der Waals surface area contributed by atoms with Gasteiger partial charge in [0.1, 0.15) is 17.7 Å². The van der Waals surface area contributed by atoms with E-state index >= 15 is 0 Å². The molecule has 5 heteroatoms. The van der Waals surface area contributed by atoms with E-state index in [1.165, 1.54) is 23.9 Å². The molecule has 2 atom stereocenters. The van der Waals surface area contributed by atoms with E-state index in [1.54, 1.807) is 6.07 Å². The van der Waals surface area contributed by atoms with Crippen LogP contribution >= 0.6 is 11.8 Å². The third kappa shape index (κ3) is 3.34. The van der Waals surface area contributed by atoms with Crippen molar-refractivity contribution in [3.05, 3.63) is 29.6 Å². The lowest BCUT2D eigenvalue weighted by Gasteiger charge is -2.11. The maximum absolute atomic E-state index is 13.0. The van der Waals surface area contributed by atoms with Gasteiger partial charge in [-0.2, -0.15) is 11.8 Å². The third-order valence-electron chi connectivity index (χ3n) is 2.59. The van der Waals surface area contributed by atoms with Crippen LogP contribution in [0.15, 0.2) is 18.2 Å². The van der Waals surface area contributed by atoms with Gasteiger partial charge in [-0.1, -0.05) is 0 Å². The number of ether oxygens (including phenoxy) is 1. The van der Waals surface area contributed by atoms with Crippen LogP contribution in [-0.2, 0) is 6.42 Å². The van der Waals surface area contributed by atoms with Crippen molar-refractivity contribution in [3.8, 4) is 5.75 Å². The molecule has 1 aliphatic heterocycles. The highest BCUT2D eigenvalue weighted by molar-refractivity contribution is 7.99. The van der Waals surface area contributed by atoms with Gasteiger partial charge < -0.3 is 14.9 Å². The number of aliphatic hydroxyl groups excluding tert-OH is 2. The zero-order valence-electron chi connectivity index (χ0n) is 9.30. The van der Waals surface area contributed by atoms with Crippen LogP contribution in [0.4, 0.5) is 4.39 Å². The monoisotopic (exact) mass is 258 g/mol. The Hall–Kier alpha value is -0.780. The number of thioether (sulfide) groups is 1. The molecule has 0 aromatic heterocycles. The van der Waals surface area contributed by atoms with Crippen LogP contribution in [-0.4, -0.2) is 40.5 Å². The standard InChI is InChI=1S/C12H15FO3S/c13-9-1-2-12-8(3-9)4-11(16-12)7-17-6-10(15)5-14/h1-3,10-11,14-15H,4-7H2. The highest BCUT2D eigenvalue weighted by atomic mass is 32.2. The van der Waals surface area contributed by atoms with E-state index in [2.05, 4.69) is 0 Å². The predicted octanol–water partition coefficient (Wildman–Crippen LogP) is 1.22. The van der Waals surface area contributed by atoms with Gasteiger partial charge in [-0.25, -0.2) is 4.39 Å². The fraction of sp³-hybridized carbons (Fsp3) is 0.500. The van der Waals surface area contributed by atoms with Crippen LogP contribution in [0.1, 0.15) is 5.56 Å². The lowest BCUT2D eigenvalue weighted by Crippen LogP contribution is -2.20. The highest BCUT2D eigenvalue weighted by Crippen LogP contribution is 2.30. The number of halogens is 1. The number of hydrogen-bond donors (Lipinski definition) is 2. The van der Waals surface area contributed by atoms with Crippen LogP contribution in [0.2, 0.25) is 0 Å². The molecule has 1 aliphatic rings. The fourth-order valence-corrected chi connectivity index (χ4v) is 2.73. The highest BCUT2D eigenvalue weighted by Gasteiger charge is 2.23. The molecule has 0 fully saturated rings. The van der Waals surface area contributed by atoms with Crippen LogP contribution < -0.4 is 4.74 Å². The Balaban J connectivity index is 1.80. The molecule has 0 amide bonds. The lowest BCUT2D eigenvalue weighted by molar-refractivity contribution is 0.113. The average Bonchev–Trinajstić information content (AvgIpc) is 2.70. The Labute approximate surface area is 104 Å². The van der Waals surface area contributed by atoms with E-state index in [-0.39, 0.29) is 18.5 Å². The summed E-state index contributed by atoms with van der Waals surface area (Å²) in [7, 11) is 0. The van der Waals surface area contributed by atoms with Gasteiger partial charge in [0.15, 0.2) is 0 Å². The van der Waals surface area contributed by atoms with Crippen molar-refractivity contribution in [2.24, 2.45) is 0 Å². The minimum absolute atomic E-state index is 0.0303. The van der Waals surface area contributed by atoms with Gasteiger partial charge in [-0.05, 0) is 18.2 Å². The van der Waals surface area contributed by atoms with Gasteiger partial charge in [0.2, 0.25) is 0 Å². The summed E-state index contributed by atoms with van der Waals surface area (Å²) in [6.45, 7) is -0.218. The third-order valence-corrected chi connectivity index (χ3v) is 3.82. The predicted molar refractivity (Wildman–Crippen MR) is 64.9 cm³/mol. The molecule has 2 unspecified atom stereocenters. The van der Waals surface area contributed by atoms with Crippen LogP contribution in [0.5, 0.6) is 5.75 Å². The second-order valence-corrected chi connectivity index (χ2v) is 5.14. The summed E-state index contributed by atoms with van der Waals surface area (Å²) in [6.07, 6.45) is 0.0545. The molecule has 1 aromatic rings. The number of aliphatic hydroxyl groups is 2. The number of fused-ring (bicyclic) bond motifs is 1. The van der Waals surface area contributed by atoms with Crippen LogP contribution in [0.3, 0.4) is 0 Å². The summed E-state index contributed by atoms with van der Waals surface area (Å²) < 4.78 is 18.6. The Bertz CT molecular complexity index is 386. The minimum Gasteiger partial charge on any atom is -0.489 e. The summed E-state index contributed by atoms with van der Waals surface area (Å²) in [6, 6.07) is 4.55. The number of rotatable bonds is 5. The Morgan fingerprint density at radius 2 is 2.35 bits per heavy atom. The molecule has 3 nitrogen and oxygen atoms in total. The topological polar surface area (TPSA) is 49.7 Å². The van der Waals surface area contributed by atoms with E-state index in [4.69, 9.17) is 9.84 Å². The van der Waals surface area contributed by atoms with E-state index in [0.717, 1.165) is 17.1 Å². The minimum atomic E-state index is -0.679. The molecule has 0 saturated heterocycles. The number of hydrogen-bond acceptors (Lipinski definition) is 4. The SMILES string of the molecule is OCC(O)CSCC1Cc2cc(F)ccc2O1. The van der Waals surface area contributed by atoms with Gasteiger partial charge >= 0.3 is 0 Å². The molecule has 2 rings (SSSR count). The summed E-state index contributed by atoms with van der Waals surface area (Å²) in [5, 5.41) is 17.8. The molecule has 0 saturated carbocycles. The van der Waals surface area contributed by atoms with Crippen LogP contribution in [0, 0.1) is 5.82 Å². The molecule has 17 heavy (non-hydrogen) atoms. The van der Waals surface area contributed by atoms with E-state index in [9.17, 15) is 9.50 Å². The quantitative estimate of drug-likeness (QED) is 0.833. The molecule has 94 valence electrons. The summed E-state index contributed by atoms with van der Waals surface area (Å²) >= 11 is 1.53. The van der Waals surface area contributed by atoms with E-state index < -0.39 is 6.10 Å². The molecule has 0 radical (unpaired) electrons. The molecular weight excluding hydrogens is 243 g/mol. The zero-order valence-corrected chi connectivity index (χ0v) is 10.1. The zero-order chi connectivity index (χ0) is 12.3. The normalized spacial score (nSPS) is 19.8. The molecule has 0 aliphatic carbocycles. The summed E-state index contributed by atoms with van der Waals surface area (Å²) in [5.74, 6) is 1.73. The molecule has 1 aromatic carbocycles. The molecule has 2 N–H and O–H groups in total. The molecule has 0 spiro atoms. The summed E-state index contributed by atoms with van der Waals surface area (Å²) in [5.41, 5.74) is 0.901. The molecule has 1 heterocycles. The number of benzene rings is 1. The van der Waals surface area contributed by atoms with Crippen molar-refractivity contribution in [3.63, 3.8) is 0 Å². The molecular formula is C12H15FO3S. The first-order chi connectivity index (χ1) is 8.19. The lowest BCUT2D eigenvalue weighted by atomic mass is 10.1. The smallest absolute Gasteiger partial charge is 0.123 e. The van der Waals surface area contributed by atoms with Gasteiger partial charge in [0, 0.05) is 23.5 Å². The van der Waals surface area contributed by atoms with Crippen molar-refractivity contribution in [2.45, 2.75) is 18.6 Å². The second-order valence-electron chi connectivity index (χ2n) is 4.07. The Morgan fingerprint density at radius 1 is 1.53 bits per heavy atom. The van der Waals surface area contributed by atoms with Crippen molar-refractivity contribution in [1.29, 1.82) is 0 Å². The summed E-state index contributed by atoms with van der Waals surface area (Å²) in [4.78, 5) is 0. The Morgan fingerprint density at radius 3 is 3.12 bits per heavy atom. The first-order valence-electron chi connectivity index (χ1n) is 5.51. The van der Waals surface area contributed by atoms with Crippen molar-refractivity contribution in [1.82, 2.24) is 0 Å². The first-order valence-corrected chi connectivity index (χ1v) is 6.66. The first kappa shape index (κ1) is 12.7. The van der Waals surface area contributed by atoms with Crippen molar-refractivity contribution in [2.75, 3.05) is 18.1 Å². The van der Waals surface area contributed by atoms with Crippen LogP contribution in [0.25, 0.3) is 0 Å². The van der Waals surface area contributed by atoms with E-state index in [0.29, 0.717) is 12.2 Å². The fourth-order valence-electron chi connectivity index (χ4n) is 1.77. The van der Waals surface area contributed by atoms with Gasteiger partial charge in [0.25, 0.3) is 0 Å². The Kier molecular flexibility index (Phi) is 4.25. The second kappa shape index (κ2) is 5.71. The van der Waals surface area contributed by atoms with Gasteiger partial charge in [0.05, 0.1) is 12.7 Å². The molecule has 0 bridgehead atoms. The van der Waals surface area contributed by atoms with E-state index in [1.807, 2.05) is 0 Å².